The average Bonchev–Trinajstić information content (AvgIpc) is 1.63. The standard InChI is InChI=1S/C65H120N10O42.2CO2/c1-63(73(2)12-38(91)92)26-74(9-3-4-36(89)66-19-64(8-7-29(82)39(93)46(100)40(94)30(83)13-76,20-68-57(111)52(106)47(101)41(95)31(84)14-77)21-69-58(112)53(107)48(102)42(96)32(85)15-78)10-11-75(27-63)28(62(116)117)5-6-37(90)67-22-65(23-70-59(113)54(108)49(103)43(97)33(86)16-79,24-71-60(114)55(109)50(104)44(98)34(87)17-80)25-72-61(115)56(110)51(105)45(99)35(88)18-81;2*2-1-3/h28,30-35,39-56,76-81,83-88,93-110H,3-27H2,1-2H3,(H,66,89)(H,67,90)(H,68,111)(H,69,112)(H,70,113)(H,71,114)(H,72,115)(H,91,92)(H,116,117);;/t28-,30?,31?,32?,33?,34?,35?,39?,40?,41?,42?,43?,44?,45?,46?,47?,48?,49?,50?,51?,52?,53?,54?,55?,56?,63?,64?,65?;;/m1../s1. The minimum absolute atomic E-state index is 0.102. The van der Waals surface area contributed by atoms with Gasteiger partial charge in [0.05, 0.1) is 46.2 Å². The van der Waals surface area contributed by atoms with Crippen molar-refractivity contribution in [2.24, 2.45) is 10.8 Å². The van der Waals surface area contributed by atoms with Crippen LogP contribution in [0, 0.1) is 10.8 Å². The number of ketones is 1. The van der Waals surface area contributed by atoms with Crippen LogP contribution < -0.4 is 37.2 Å². The molecule has 0 bridgehead atoms. The molecule has 123 heavy (non-hydrogen) atoms. The van der Waals surface area contributed by atoms with Gasteiger partial charge in [0.2, 0.25) is 11.8 Å². The van der Waals surface area contributed by atoms with Crippen molar-refractivity contribution < 1.29 is 231 Å². The third-order valence-corrected chi connectivity index (χ3v) is 20.0. The fourth-order valence-corrected chi connectivity index (χ4v) is 11.8. The van der Waals surface area contributed by atoms with Crippen molar-refractivity contribution in [1.29, 1.82) is 0 Å². The molecule has 56 heteroatoms. The number of carboxylic acid groups (broad SMARTS) is 2. The van der Waals surface area contributed by atoms with Crippen molar-refractivity contribution >= 4 is 71.4 Å². The molecule has 1 heterocycles. The van der Waals surface area contributed by atoms with Crippen LogP contribution in [0.4, 0.5) is 0 Å². The summed E-state index contributed by atoms with van der Waals surface area (Å²) in [5, 5.41) is 340. The fourth-order valence-electron chi connectivity index (χ4n) is 11.8. The summed E-state index contributed by atoms with van der Waals surface area (Å²) in [5.74, 6) is -14.6. The molecule has 1 rings (SSSR count). The average molecular weight is 1800 g/mol. The molecule has 1 aliphatic heterocycles. The maximum absolute atomic E-state index is 14.1. The molecule has 7 amide bonds. The molecule has 0 aromatic heterocycles. The Morgan fingerprint density at radius 1 is 0.374 bits per heavy atom. The second-order valence-electron chi connectivity index (χ2n) is 29.3. The molecule has 0 aromatic carbocycles. The molecule has 1 aliphatic rings. The summed E-state index contributed by atoms with van der Waals surface area (Å²) >= 11 is 0. The van der Waals surface area contributed by atoms with Crippen LogP contribution in [0.2, 0.25) is 0 Å². The molecule has 0 spiro atoms. The van der Waals surface area contributed by atoms with E-state index < -0.39 is 352 Å². The summed E-state index contributed by atoms with van der Waals surface area (Å²) < 4.78 is 0. The predicted octanol–water partition coefficient (Wildman–Crippen LogP) is -25.0. The molecule has 1 saturated heterocycles. The number of aliphatic hydroxyl groups excluding tert-OH is 30. The Balaban J connectivity index is 0. The van der Waals surface area contributed by atoms with Crippen LogP contribution in [-0.2, 0) is 67.1 Å². The van der Waals surface area contributed by atoms with Crippen LogP contribution in [0.15, 0.2) is 0 Å². The van der Waals surface area contributed by atoms with E-state index in [2.05, 4.69) is 37.2 Å². The summed E-state index contributed by atoms with van der Waals surface area (Å²) in [7, 11) is 1.36. The summed E-state index contributed by atoms with van der Waals surface area (Å²) in [4.78, 5) is 171. The highest BCUT2D eigenvalue weighted by Gasteiger charge is 2.46. The van der Waals surface area contributed by atoms with E-state index in [1.807, 2.05) is 0 Å². The Morgan fingerprint density at radius 3 is 0.927 bits per heavy atom. The van der Waals surface area contributed by atoms with E-state index in [-0.39, 0.29) is 51.4 Å². The third kappa shape index (κ3) is 39.0. The molecule has 26 atom stereocenters. The Kier molecular flexibility index (Phi) is 55.9. The first-order valence-electron chi connectivity index (χ1n) is 37.3. The van der Waals surface area contributed by atoms with E-state index in [4.69, 9.17) is 19.2 Å². The van der Waals surface area contributed by atoms with Crippen molar-refractivity contribution in [2.45, 2.75) is 204 Å². The highest BCUT2D eigenvalue weighted by molar-refractivity contribution is 5.85. The molecule has 0 saturated carbocycles. The third-order valence-electron chi connectivity index (χ3n) is 20.0. The number of nitrogens with zero attached hydrogens (tertiary/aromatic N) is 3. The summed E-state index contributed by atoms with van der Waals surface area (Å²) in [6.45, 7) is -14.4. The van der Waals surface area contributed by atoms with Gasteiger partial charge in [0.1, 0.15) is 122 Å². The lowest BCUT2D eigenvalue weighted by atomic mass is 9.80. The molecular weight excluding hydrogens is 1680 g/mol. The van der Waals surface area contributed by atoms with Crippen LogP contribution in [-0.4, -0.2) is 539 Å². The van der Waals surface area contributed by atoms with Crippen LogP contribution >= 0.6 is 0 Å². The lowest BCUT2D eigenvalue weighted by Gasteiger charge is -2.42. The normalized spacial score (nSPS) is 21.0. The molecule has 0 radical (unpaired) electrons. The zero-order valence-electron chi connectivity index (χ0n) is 66.5. The zero-order chi connectivity index (χ0) is 95.5. The van der Waals surface area contributed by atoms with E-state index in [0.717, 1.165) is 0 Å². The number of carboxylic acids is 2. The van der Waals surface area contributed by atoms with E-state index in [1.54, 1.807) is 4.90 Å². The van der Waals surface area contributed by atoms with Crippen LogP contribution in [0.5, 0.6) is 0 Å². The molecule has 1 fully saturated rings. The monoisotopic (exact) mass is 1800 g/mol. The first-order chi connectivity index (χ1) is 57.2. The highest BCUT2D eigenvalue weighted by Crippen LogP contribution is 2.28. The van der Waals surface area contributed by atoms with Crippen LogP contribution in [0.25, 0.3) is 0 Å². The van der Waals surface area contributed by atoms with Gasteiger partial charge in [-0.1, -0.05) is 0 Å². The molecule has 56 nitrogen and oxygen atoms in total. The number of amides is 7. The summed E-state index contributed by atoms with van der Waals surface area (Å²) in [6.07, 6.45) is -62.3. The van der Waals surface area contributed by atoms with E-state index >= 15 is 0 Å². The largest absolute Gasteiger partial charge is 0.480 e. The fraction of sp³-hybridized carbons (Fsp3) is 0.821. The number of carbonyl (C=O) groups excluding carboxylic acids is 12. The number of aliphatic hydroxyl groups is 30. The Hall–Kier alpha value is -7.66. The maximum Gasteiger partial charge on any atom is 0.373 e. The Morgan fingerprint density at radius 2 is 0.642 bits per heavy atom. The van der Waals surface area contributed by atoms with Crippen molar-refractivity contribution in [3.05, 3.63) is 0 Å². The topological polar surface area (TPSA) is 980 Å². The van der Waals surface area contributed by atoms with Gasteiger partial charge in [0.25, 0.3) is 29.5 Å². The van der Waals surface area contributed by atoms with Crippen molar-refractivity contribution in [3.8, 4) is 0 Å². The lowest BCUT2D eigenvalue weighted by Crippen LogP contribution is -2.61. The number of hydrogen-bond donors (Lipinski definition) is 39. The quantitative estimate of drug-likeness (QED) is 0.0269. The van der Waals surface area contributed by atoms with Crippen molar-refractivity contribution in [2.75, 3.05) is 132 Å². The van der Waals surface area contributed by atoms with Crippen molar-refractivity contribution in [3.63, 3.8) is 0 Å². The maximum atomic E-state index is 14.1. The number of carbonyl (C=O) groups is 10. The second-order valence-corrected chi connectivity index (χ2v) is 29.3. The summed E-state index contributed by atoms with van der Waals surface area (Å²) in [6, 6.07) is -1.68. The number of likely N-dealkylation sites (N-methyl/N-ethyl adjacent to an activating group) is 1. The molecule has 0 aromatic rings. The first-order valence-corrected chi connectivity index (χ1v) is 37.3. The van der Waals surface area contributed by atoms with Gasteiger partial charge in [0.15, 0.2) is 36.3 Å². The van der Waals surface area contributed by atoms with Crippen LogP contribution in [0.1, 0.15) is 45.4 Å². The first kappa shape index (κ1) is 117. The van der Waals surface area contributed by atoms with Gasteiger partial charge in [-0.2, -0.15) is 19.2 Å². The highest BCUT2D eigenvalue weighted by atomic mass is 16.4. The number of Topliss-reactive ketones (excluding diaryl/α,β-unsaturated/α-hetero) is 1. The molecule has 714 valence electrons. The van der Waals surface area contributed by atoms with E-state index in [9.17, 15) is 211 Å². The van der Waals surface area contributed by atoms with Gasteiger partial charge >= 0.3 is 24.2 Å². The Labute approximate surface area is 698 Å². The van der Waals surface area contributed by atoms with E-state index in [0.29, 0.717) is 0 Å². The molecule has 39 N–H and O–H groups in total. The van der Waals surface area contributed by atoms with Gasteiger partial charge < -0.3 is 206 Å². The number of hydrogen-bond acceptors (Lipinski definition) is 47. The van der Waals surface area contributed by atoms with Gasteiger partial charge in [-0.15, -0.1) is 0 Å². The molecular formula is C67H120N10O46. The van der Waals surface area contributed by atoms with Gasteiger partial charge in [0, 0.05) is 108 Å². The van der Waals surface area contributed by atoms with Crippen molar-refractivity contribution in [1.82, 2.24) is 51.9 Å². The molecule has 25 unspecified atom stereocenters. The van der Waals surface area contributed by atoms with E-state index in [1.165, 1.54) is 23.8 Å². The minimum atomic E-state index is -2.72. The second kappa shape index (κ2) is 58.6. The van der Waals surface area contributed by atoms with Gasteiger partial charge in [-0.3, -0.25) is 57.7 Å². The molecule has 0 aliphatic carbocycles. The SMILES string of the molecule is CN(CC(=O)O)C1(C)CN(CCCC(=O)NCC(CCC(=O)C(O)C(O)C(O)C(O)CO)(CNC(=O)C(O)C(O)C(O)C(O)CO)CNC(=O)C(O)C(O)C(O)C(O)CO)CCN([C@H](CCC(=O)NCC(CNC(=O)C(O)C(O)C(O)C(O)CO)(CNC(=O)C(O)C(O)C(O)C(O)CO)CNC(=O)C(O)C(O)C(O)C(O)CO)C(=O)O)C1.O=C=O.O=C=O. The number of aliphatic carboxylic acids is 2. The zero-order valence-corrected chi connectivity index (χ0v) is 66.5. The number of nitrogens with one attached hydrogen (secondary N) is 7. The van der Waals surface area contributed by atoms with Gasteiger partial charge in [-0.05, 0) is 39.8 Å². The Bertz CT molecular complexity index is 3040. The van der Waals surface area contributed by atoms with Gasteiger partial charge in [-0.25, -0.2) is 0 Å². The predicted molar refractivity (Wildman–Crippen MR) is 393 cm³/mol. The minimum Gasteiger partial charge on any atom is -0.480 e. The lowest BCUT2D eigenvalue weighted by molar-refractivity contribution is -0.193. The van der Waals surface area contributed by atoms with Crippen LogP contribution in [0.3, 0.4) is 0 Å². The summed E-state index contributed by atoms with van der Waals surface area (Å²) in [5.41, 5.74) is -5.79. The number of rotatable bonds is 59. The smallest absolute Gasteiger partial charge is 0.373 e.